The third-order valence-electron chi connectivity index (χ3n) is 6.79. The predicted molar refractivity (Wildman–Crippen MR) is 168 cm³/mol. The van der Waals surface area contributed by atoms with Crippen LogP contribution in [0, 0.1) is 0 Å². The van der Waals surface area contributed by atoms with Gasteiger partial charge in [0.15, 0.2) is 0 Å². The average molecular weight is 660 g/mol. The second-order valence-electron chi connectivity index (χ2n) is 10.4. The van der Waals surface area contributed by atoms with Crippen LogP contribution in [0.2, 0.25) is 10.0 Å². The fourth-order valence-corrected chi connectivity index (χ4v) is 5.73. The van der Waals surface area contributed by atoms with E-state index in [2.05, 4.69) is 14.4 Å². The van der Waals surface area contributed by atoms with Gasteiger partial charge in [-0.1, -0.05) is 65.7 Å². The summed E-state index contributed by atoms with van der Waals surface area (Å²) in [5.41, 5.74) is 2.71. The molecule has 1 fully saturated rings. The van der Waals surface area contributed by atoms with Gasteiger partial charge in [0.05, 0.1) is 24.5 Å². The Morgan fingerprint density at radius 2 is 1.86 bits per heavy atom. The lowest BCUT2D eigenvalue weighted by molar-refractivity contribution is -0.189. The second kappa shape index (κ2) is 14.3. The number of likely N-dealkylation sites (N-methyl/N-ethyl adjacent to an activating group) is 1. The van der Waals surface area contributed by atoms with Crippen LogP contribution in [0.25, 0.3) is 6.08 Å². The summed E-state index contributed by atoms with van der Waals surface area (Å²) in [7, 11) is -2.54. The van der Waals surface area contributed by atoms with E-state index in [9.17, 15) is 4.57 Å². The number of hydrogen-bond acceptors (Lipinski definition) is 7. The summed E-state index contributed by atoms with van der Waals surface area (Å²) in [6.07, 6.45) is 8.87. The molecule has 0 amide bonds. The van der Waals surface area contributed by atoms with Gasteiger partial charge in [0.2, 0.25) is 5.79 Å². The van der Waals surface area contributed by atoms with E-state index in [0.717, 1.165) is 23.4 Å². The molecule has 44 heavy (non-hydrogen) atoms. The van der Waals surface area contributed by atoms with Crippen molar-refractivity contribution in [3.63, 3.8) is 0 Å². The lowest BCUT2D eigenvalue weighted by Crippen LogP contribution is -2.34. The Balaban J connectivity index is 1.11. The van der Waals surface area contributed by atoms with Crippen molar-refractivity contribution in [2.24, 2.45) is 0 Å². The largest absolute Gasteiger partial charge is 0.524 e. The minimum absolute atomic E-state index is 0.116. The number of benzene rings is 3. The van der Waals surface area contributed by atoms with Crippen LogP contribution in [0.1, 0.15) is 16.7 Å². The third kappa shape index (κ3) is 8.94. The van der Waals surface area contributed by atoms with E-state index in [1.165, 1.54) is 12.1 Å². The minimum atomic E-state index is -4.56. The van der Waals surface area contributed by atoms with Gasteiger partial charge in [-0.15, -0.1) is 0 Å². The maximum atomic E-state index is 10.9. The number of rotatable bonds is 13. The van der Waals surface area contributed by atoms with Gasteiger partial charge in [-0.2, -0.15) is 0 Å². The zero-order chi connectivity index (χ0) is 31.2. The Morgan fingerprint density at radius 3 is 2.55 bits per heavy atom. The molecule has 3 aromatic carbocycles. The molecule has 2 N–H and O–H groups in total. The van der Waals surface area contributed by atoms with Gasteiger partial charge in [-0.3, -0.25) is 14.7 Å². The first-order valence-electron chi connectivity index (χ1n) is 13.7. The quantitative estimate of drug-likeness (QED) is 0.163. The molecular formula is C31H32Cl2N3O7P. The summed E-state index contributed by atoms with van der Waals surface area (Å²) in [6, 6.07) is 19.7. The van der Waals surface area contributed by atoms with E-state index in [-0.39, 0.29) is 11.9 Å². The standard InChI is InChI=1S/C31H32Cl2N3O7P/c1-35(15-2-3-23-4-11-27(12-5-23)43-44(37,38)39)18-24-6-9-26(10-7-24)40-19-28-20-41-31(42-28,21-36-16-14-34-22-36)29-13-8-25(32)17-30(29)33/h2-14,16-17,22,28H,15,18-21H2,1H3,(H2,37,38,39)/t28-,31-/m0/s1. The fourth-order valence-electron chi connectivity index (χ4n) is 4.78. The van der Waals surface area contributed by atoms with Crippen LogP contribution < -0.4 is 9.26 Å². The average Bonchev–Trinajstić information content (AvgIpc) is 3.63. The summed E-state index contributed by atoms with van der Waals surface area (Å²) in [6.45, 7) is 2.43. The van der Waals surface area contributed by atoms with E-state index in [4.69, 9.17) is 47.2 Å². The van der Waals surface area contributed by atoms with Crippen molar-refractivity contribution in [1.82, 2.24) is 14.5 Å². The highest BCUT2D eigenvalue weighted by Gasteiger charge is 2.45. The van der Waals surface area contributed by atoms with Crippen LogP contribution in [0.5, 0.6) is 11.5 Å². The molecule has 10 nitrogen and oxygen atoms in total. The Hall–Kier alpha value is -3.18. The van der Waals surface area contributed by atoms with Crippen LogP contribution in [-0.2, 0) is 32.9 Å². The lowest BCUT2D eigenvalue weighted by atomic mass is 10.1. The van der Waals surface area contributed by atoms with Crippen LogP contribution in [0.4, 0.5) is 0 Å². The zero-order valence-electron chi connectivity index (χ0n) is 23.8. The molecule has 1 saturated heterocycles. The monoisotopic (exact) mass is 659 g/mol. The fraction of sp³-hybridized carbons (Fsp3) is 0.258. The molecule has 1 aromatic heterocycles. The Kier molecular flexibility index (Phi) is 10.5. The predicted octanol–water partition coefficient (Wildman–Crippen LogP) is 6.15. The van der Waals surface area contributed by atoms with Crippen LogP contribution in [0.3, 0.4) is 0 Å². The van der Waals surface area contributed by atoms with E-state index in [1.54, 1.807) is 36.8 Å². The Morgan fingerprint density at radius 1 is 1.11 bits per heavy atom. The molecule has 2 atom stereocenters. The minimum Gasteiger partial charge on any atom is -0.491 e. The first-order chi connectivity index (χ1) is 21.1. The number of hydrogen-bond donors (Lipinski definition) is 2. The molecule has 13 heteroatoms. The number of imidazole rings is 1. The molecule has 0 radical (unpaired) electrons. The van der Waals surface area contributed by atoms with Gasteiger partial charge in [0.25, 0.3) is 0 Å². The highest BCUT2D eigenvalue weighted by atomic mass is 35.5. The van der Waals surface area contributed by atoms with Crippen LogP contribution in [0.15, 0.2) is 91.5 Å². The van der Waals surface area contributed by atoms with Crippen molar-refractivity contribution >= 4 is 37.1 Å². The van der Waals surface area contributed by atoms with Crippen molar-refractivity contribution in [3.05, 3.63) is 118 Å². The molecule has 2 heterocycles. The van der Waals surface area contributed by atoms with E-state index < -0.39 is 13.6 Å². The number of phosphoric ester groups is 1. The van der Waals surface area contributed by atoms with Crippen molar-refractivity contribution in [3.8, 4) is 11.5 Å². The molecular weight excluding hydrogens is 628 g/mol. The number of nitrogens with zero attached hydrogens (tertiary/aromatic N) is 3. The van der Waals surface area contributed by atoms with Gasteiger partial charge in [0, 0.05) is 36.1 Å². The first kappa shape index (κ1) is 32.2. The van der Waals surface area contributed by atoms with Gasteiger partial charge in [0.1, 0.15) is 24.2 Å². The molecule has 0 spiro atoms. The normalized spacial score (nSPS) is 18.7. The summed E-state index contributed by atoms with van der Waals surface area (Å²) < 4.78 is 36.1. The Labute approximate surface area is 265 Å². The first-order valence-corrected chi connectivity index (χ1v) is 16.0. The van der Waals surface area contributed by atoms with E-state index >= 15 is 0 Å². The molecule has 4 aromatic rings. The summed E-state index contributed by atoms with van der Waals surface area (Å²) >= 11 is 12.7. The third-order valence-corrected chi connectivity index (χ3v) is 7.79. The van der Waals surface area contributed by atoms with Gasteiger partial charge in [-0.25, -0.2) is 9.55 Å². The highest BCUT2D eigenvalue weighted by Crippen LogP contribution is 2.41. The Bertz CT molecular complexity index is 1600. The maximum absolute atomic E-state index is 10.9. The summed E-state index contributed by atoms with van der Waals surface area (Å²) in [5, 5.41) is 0.988. The highest BCUT2D eigenvalue weighted by molar-refractivity contribution is 7.46. The number of phosphoric acid groups is 1. The number of aromatic nitrogens is 2. The number of ether oxygens (including phenoxy) is 3. The van der Waals surface area contributed by atoms with Crippen molar-refractivity contribution in [2.45, 2.75) is 25.0 Å². The van der Waals surface area contributed by atoms with Crippen molar-refractivity contribution in [2.75, 3.05) is 26.8 Å². The lowest BCUT2D eigenvalue weighted by Gasteiger charge is -2.30. The molecule has 0 bridgehead atoms. The number of halogens is 2. The summed E-state index contributed by atoms with van der Waals surface area (Å²) in [4.78, 5) is 24.1. The van der Waals surface area contributed by atoms with Crippen LogP contribution in [-0.4, -0.2) is 57.1 Å². The summed E-state index contributed by atoms with van der Waals surface area (Å²) in [5.74, 6) is -0.267. The van der Waals surface area contributed by atoms with Gasteiger partial charge in [-0.05, 0) is 54.6 Å². The smallest absolute Gasteiger partial charge is 0.491 e. The molecule has 1 aliphatic heterocycles. The zero-order valence-corrected chi connectivity index (χ0v) is 26.2. The van der Waals surface area contributed by atoms with Gasteiger partial charge >= 0.3 is 7.82 Å². The molecule has 0 unspecified atom stereocenters. The second-order valence-corrected chi connectivity index (χ2v) is 12.4. The van der Waals surface area contributed by atoms with Crippen LogP contribution >= 0.6 is 31.0 Å². The molecule has 0 saturated carbocycles. The maximum Gasteiger partial charge on any atom is 0.524 e. The van der Waals surface area contributed by atoms with Gasteiger partial charge < -0.3 is 23.3 Å². The molecule has 1 aliphatic rings. The molecule has 5 rings (SSSR count). The molecule has 232 valence electrons. The van der Waals surface area contributed by atoms with Crippen molar-refractivity contribution < 1.29 is 33.1 Å². The topological polar surface area (TPSA) is 116 Å². The van der Waals surface area contributed by atoms with E-state index in [0.29, 0.717) is 41.9 Å². The van der Waals surface area contributed by atoms with E-state index in [1.807, 2.05) is 60.3 Å². The SMILES string of the molecule is CN(CC=Cc1ccc(OP(=O)(O)O)cc1)Cc1ccc(OC[C@H]2CO[C@](Cn3ccnc3)(c3ccc(Cl)cc3Cl)O2)cc1. The van der Waals surface area contributed by atoms with Crippen molar-refractivity contribution in [1.29, 1.82) is 0 Å². The molecule has 0 aliphatic carbocycles.